The van der Waals surface area contributed by atoms with E-state index in [-0.39, 0.29) is 17.6 Å². The lowest BCUT2D eigenvalue weighted by Crippen LogP contribution is -2.35. The van der Waals surface area contributed by atoms with E-state index in [0.29, 0.717) is 45.8 Å². The van der Waals surface area contributed by atoms with Crippen LogP contribution in [0, 0.1) is 12.7 Å². The Labute approximate surface area is 271 Å². The number of aromatic nitrogens is 1. The van der Waals surface area contributed by atoms with E-state index in [4.69, 9.17) is 9.15 Å². The van der Waals surface area contributed by atoms with Crippen molar-refractivity contribution in [1.29, 1.82) is 0 Å². The summed E-state index contributed by atoms with van der Waals surface area (Å²) in [6.45, 7) is 2.28. The zero-order valence-electron chi connectivity index (χ0n) is 26.0. The van der Waals surface area contributed by atoms with Crippen LogP contribution in [0.1, 0.15) is 50.4 Å². The molecule has 0 spiro atoms. The molecule has 2 aromatic heterocycles. The molecular weight excluding hydrogens is 593 g/mol. The summed E-state index contributed by atoms with van der Waals surface area (Å²) < 4.78 is 26.2. The molecule has 7 rings (SSSR count). The second kappa shape index (κ2) is 12.2. The maximum Gasteiger partial charge on any atom is 0.255 e. The molecule has 2 amide bonds. The summed E-state index contributed by atoms with van der Waals surface area (Å²) in [5.41, 5.74) is 5.60. The Morgan fingerprint density at radius 2 is 1.64 bits per heavy atom. The number of benzene rings is 4. The van der Waals surface area contributed by atoms with Crippen LogP contribution >= 0.6 is 0 Å². The van der Waals surface area contributed by atoms with Crippen molar-refractivity contribution >= 4 is 22.8 Å². The van der Waals surface area contributed by atoms with Gasteiger partial charge in [0.25, 0.3) is 11.8 Å². The highest BCUT2D eigenvalue weighted by molar-refractivity contribution is 6.12. The van der Waals surface area contributed by atoms with Gasteiger partial charge in [-0.3, -0.25) is 14.6 Å². The lowest BCUT2D eigenvalue weighted by atomic mass is 9.94. The minimum atomic E-state index is -0.497. The molecule has 0 unspecified atom stereocenters. The van der Waals surface area contributed by atoms with Crippen molar-refractivity contribution < 1.29 is 23.1 Å². The number of hydrogen-bond donors (Lipinski definition) is 2. The molecule has 8 heteroatoms. The average molecular weight is 626 g/mol. The number of furan rings is 1. The van der Waals surface area contributed by atoms with E-state index in [2.05, 4.69) is 15.6 Å². The number of nitrogens with zero attached hydrogens (tertiary/aromatic N) is 1. The molecule has 1 aliphatic carbocycles. The lowest BCUT2D eigenvalue weighted by Gasteiger charge is -2.19. The largest absolute Gasteiger partial charge is 0.489 e. The SMILES string of the molecule is CNC(=O)c1c(-c2ccc(F)cc2)oc2ccc(-c3cc(C(=O)NC4(c5ccccn5)CC4)cc(OCc4ccccc4)c3C)cc12. The summed E-state index contributed by atoms with van der Waals surface area (Å²) in [7, 11) is 1.56. The highest BCUT2D eigenvalue weighted by Crippen LogP contribution is 2.45. The van der Waals surface area contributed by atoms with Crippen LogP contribution in [0.5, 0.6) is 5.75 Å². The second-order valence-electron chi connectivity index (χ2n) is 11.8. The number of pyridine rings is 1. The first-order valence-electron chi connectivity index (χ1n) is 15.5. The van der Waals surface area contributed by atoms with Crippen molar-refractivity contribution in [3.05, 3.63) is 143 Å². The molecule has 7 nitrogen and oxygen atoms in total. The van der Waals surface area contributed by atoms with Crippen LogP contribution in [-0.4, -0.2) is 23.8 Å². The molecule has 0 radical (unpaired) electrons. The van der Waals surface area contributed by atoms with Crippen LogP contribution in [0.4, 0.5) is 4.39 Å². The molecule has 47 heavy (non-hydrogen) atoms. The molecule has 0 bridgehead atoms. The third kappa shape index (κ3) is 5.86. The fraction of sp³-hybridized carbons (Fsp3) is 0.154. The van der Waals surface area contributed by atoms with Crippen molar-refractivity contribution in [2.75, 3.05) is 7.05 Å². The van der Waals surface area contributed by atoms with E-state index in [1.807, 2.05) is 73.7 Å². The Hall–Kier alpha value is -5.76. The predicted molar refractivity (Wildman–Crippen MR) is 179 cm³/mol. The van der Waals surface area contributed by atoms with Gasteiger partial charge < -0.3 is 19.8 Å². The number of fused-ring (bicyclic) bond motifs is 1. The normalized spacial score (nSPS) is 13.3. The lowest BCUT2D eigenvalue weighted by molar-refractivity contribution is 0.0927. The van der Waals surface area contributed by atoms with E-state index in [9.17, 15) is 14.0 Å². The Bertz CT molecular complexity index is 2100. The first-order chi connectivity index (χ1) is 22.8. The maximum atomic E-state index is 13.9. The predicted octanol–water partition coefficient (Wildman–Crippen LogP) is 7.97. The molecule has 0 aliphatic heterocycles. The first-order valence-corrected chi connectivity index (χ1v) is 15.5. The molecule has 1 aliphatic rings. The van der Waals surface area contributed by atoms with Gasteiger partial charge in [-0.1, -0.05) is 42.5 Å². The molecule has 0 atom stereocenters. The van der Waals surface area contributed by atoms with Gasteiger partial charge in [-0.05, 0) is 103 Å². The monoisotopic (exact) mass is 625 g/mol. The van der Waals surface area contributed by atoms with Crippen molar-refractivity contribution in [2.24, 2.45) is 0 Å². The summed E-state index contributed by atoms with van der Waals surface area (Å²) in [4.78, 5) is 31.6. The number of ether oxygens (including phenoxy) is 1. The number of carbonyl (C=O) groups is 2. The fourth-order valence-electron chi connectivity index (χ4n) is 5.93. The smallest absolute Gasteiger partial charge is 0.255 e. The Morgan fingerprint density at radius 1 is 0.894 bits per heavy atom. The van der Waals surface area contributed by atoms with Crippen molar-refractivity contribution in [3.63, 3.8) is 0 Å². The van der Waals surface area contributed by atoms with Gasteiger partial charge in [0.15, 0.2) is 0 Å². The van der Waals surface area contributed by atoms with E-state index < -0.39 is 5.54 Å². The molecule has 0 saturated heterocycles. The van der Waals surface area contributed by atoms with Gasteiger partial charge in [-0.15, -0.1) is 0 Å². The quantitative estimate of drug-likeness (QED) is 0.170. The maximum absolute atomic E-state index is 13.9. The number of rotatable bonds is 9. The number of amides is 2. The third-order valence-corrected chi connectivity index (χ3v) is 8.68. The summed E-state index contributed by atoms with van der Waals surface area (Å²) in [6.07, 6.45) is 3.35. The number of hydrogen-bond acceptors (Lipinski definition) is 5. The molecule has 2 heterocycles. The Kier molecular flexibility index (Phi) is 7.77. The summed E-state index contributed by atoms with van der Waals surface area (Å²) in [5.74, 6) is -0.0253. The van der Waals surface area contributed by atoms with E-state index in [1.165, 1.54) is 12.1 Å². The minimum absolute atomic E-state index is 0.229. The van der Waals surface area contributed by atoms with Gasteiger partial charge in [-0.25, -0.2) is 4.39 Å². The van der Waals surface area contributed by atoms with Crippen LogP contribution in [0.25, 0.3) is 33.4 Å². The van der Waals surface area contributed by atoms with Crippen molar-refractivity contribution in [2.45, 2.75) is 31.9 Å². The van der Waals surface area contributed by atoms with Crippen LogP contribution in [0.3, 0.4) is 0 Å². The van der Waals surface area contributed by atoms with Crippen LogP contribution < -0.4 is 15.4 Å². The first kappa shape index (κ1) is 29.9. The topological polar surface area (TPSA) is 93.5 Å². The molecule has 4 aromatic carbocycles. The number of halogens is 1. The Morgan fingerprint density at radius 3 is 2.34 bits per heavy atom. The second-order valence-corrected chi connectivity index (χ2v) is 11.8. The van der Waals surface area contributed by atoms with E-state index >= 15 is 0 Å². The average Bonchev–Trinajstić information content (AvgIpc) is 3.79. The van der Waals surface area contributed by atoms with Gasteiger partial charge >= 0.3 is 0 Å². The van der Waals surface area contributed by atoms with E-state index in [1.54, 1.807) is 37.5 Å². The molecule has 234 valence electrons. The highest BCUT2D eigenvalue weighted by atomic mass is 19.1. The van der Waals surface area contributed by atoms with Crippen LogP contribution in [0.15, 0.2) is 114 Å². The number of carbonyl (C=O) groups excluding carboxylic acids is 2. The van der Waals surface area contributed by atoms with Crippen molar-refractivity contribution in [3.8, 4) is 28.2 Å². The van der Waals surface area contributed by atoms with E-state index in [0.717, 1.165) is 40.8 Å². The van der Waals surface area contributed by atoms with Gasteiger partial charge in [0.2, 0.25) is 0 Å². The molecule has 6 aromatic rings. The van der Waals surface area contributed by atoms with Gasteiger partial charge in [-0.2, -0.15) is 0 Å². The fourth-order valence-corrected chi connectivity index (χ4v) is 5.93. The number of nitrogens with one attached hydrogen (secondary N) is 2. The van der Waals surface area contributed by atoms with Gasteiger partial charge in [0.1, 0.15) is 29.5 Å². The molecular formula is C39H32FN3O4. The Balaban J connectivity index is 1.32. The summed E-state index contributed by atoms with van der Waals surface area (Å²) >= 11 is 0. The summed E-state index contributed by atoms with van der Waals surface area (Å²) in [5, 5.41) is 6.53. The minimum Gasteiger partial charge on any atom is -0.489 e. The highest BCUT2D eigenvalue weighted by Gasteiger charge is 2.47. The van der Waals surface area contributed by atoms with Crippen LogP contribution in [-0.2, 0) is 12.1 Å². The standard InChI is InChI=1S/C39H32FN3O4/c1-24-30(27-13-16-32-31(20-27)35(38(45)41-2)36(47-32)26-11-14-29(40)15-12-26)21-28(22-33(24)46-23-25-8-4-3-5-9-25)37(44)43-39(17-18-39)34-10-6-7-19-42-34/h3-16,19-22H,17-18,23H2,1-2H3,(H,41,45)(H,43,44). The van der Waals surface area contributed by atoms with Crippen LogP contribution in [0.2, 0.25) is 0 Å². The molecule has 1 saturated carbocycles. The zero-order valence-corrected chi connectivity index (χ0v) is 26.0. The molecule has 1 fully saturated rings. The van der Waals surface area contributed by atoms with Crippen molar-refractivity contribution in [1.82, 2.24) is 15.6 Å². The zero-order chi connectivity index (χ0) is 32.5. The van der Waals surface area contributed by atoms with Gasteiger partial charge in [0.05, 0.1) is 16.8 Å². The molecule has 2 N–H and O–H groups in total. The summed E-state index contributed by atoms with van der Waals surface area (Å²) in [6, 6.07) is 30.6. The third-order valence-electron chi connectivity index (χ3n) is 8.68. The van der Waals surface area contributed by atoms with Gasteiger partial charge in [0, 0.05) is 29.8 Å².